The molecule has 5 amide bonds. The lowest BCUT2D eigenvalue weighted by Crippen LogP contribution is -2.54. The number of ether oxygens (including phenoxy) is 1. The van der Waals surface area contributed by atoms with Crippen molar-refractivity contribution in [2.24, 2.45) is 5.92 Å². The predicted octanol–water partition coefficient (Wildman–Crippen LogP) is 2.05. The highest BCUT2D eigenvalue weighted by Gasteiger charge is 2.55. The van der Waals surface area contributed by atoms with Crippen LogP contribution in [0.3, 0.4) is 0 Å². The molecule has 4 atom stereocenters. The number of imide groups is 1. The first-order chi connectivity index (χ1) is 16.2. The Bertz CT molecular complexity index is 955. The van der Waals surface area contributed by atoms with Gasteiger partial charge in [0.25, 0.3) is 11.8 Å². The monoisotopic (exact) mass is 470 g/mol. The first-order valence-electron chi connectivity index (χ1n) is 12.1. The van der Waals surface area contributed by atoms with Gasteiger partial charge in [-0.15, -0.1) is 0 Å². The average Bonchev–Trinajstić information content (AvgIpc) is 3.03. The van der Waals surface area contributed by atoms with Crippen molar-refractivity contribution in [1.82, 2.24) is 20.4 Å². The van der Waals surface area contributed by atoms with E-state index >= 15 is 0 Å². The quantitative estimate of drug-likeness (QED) is 0.641. The molecule has 34 heavy (non-hydrogen) atoms. The van der Waals surface area contributed by atoms with Crippen molar-refractivity contribution < 1.29 is 23.9 Å². The van der Waals surface area contributed by atoms with Crippen molar-refractivity contribution in [3.05, 3.63) is 35.4 Å². The van der Waals surface area contributed by atoms with Crippen molar-refractivity contribution >= 4 is 23.8 Å². The van der Waals surface area contributed by atoms with Gasteiger partial charge in [0, 0.05) is 25.2 Å². The molecule has 2 aliphatic heterocycles. The number of rotatable bonds is 5. The van der Waals surface area contributed by atoms with Crippen LogP contribution in [-0.2, 0) is 20.9 Å². The minimum absolute atomic E-state index is 0.00274. The number of hydrogen-bond acceptors (Lipinski definition) is 5. The molecule has 2 N–H and O–H groups in total. The summed E-state index contributed by atoms with van der Waals surface area (Å²) in [5.41, 5.74) is 0.541. The second-order valence-electron chi connectivity index (χ2n) is 9.88. The Morgan fingerprint density at radius 2 is 1.76 bits per heavy atom. The van der Waals surface area contributed by atoms with Crippen LogP contribution in [0.15, 0.2) is 24.3 Å². The lowest BCUT2D eigenvalue weighted by molar-refractivity contribution is -0.137. The van der Waals surface area contributed by atoms with Gasteiger partial charge in [0.1, 0.15) is 12.1 Å². The van der Waals surface area contributed by atoms with Gasteiger partial charge in [-0.05, 0) is 50.3 Å². The average molecular weight is 471 g/mol. The van der Waals surface area contributed by atoms with E-state index in [1.165, 1.54) is 0 Å². The third-order valence-electron chi connectivity index (χ3n) is 7.20. The number of benzene rings is 1. The molecule has 184 valence electrons. The fraction of sp³-hybridized carbons (Fsp3) is 0.600. The number of carbonyl (C=O) groups excluding carboxylic acids is 4. The lowest BCUT2D eigenvalue weighted by atomic mass is 9.73. The maximum atomic E-state index is 13.0. The van der Waals surface area contributed by atoms with E-state index < -0.39 is 17.5 Å². The maximum Gasteiger partial charge on any atom is 0.325 e. The third kappa shape index (κ3) is 4.80. The molecule has 1 aliphatic carbocycles. The van der Waals surface area contributed by atoms with E-state index in [0.717, 1.165) is 29.7 Å². The van der Waals surface area contributed by atoms with Crippen molar-refractivity contribution in [3.8, 4) is 0 Å². The second kappa shape index (κ2) is 9.74. The van der Waals surface area contributed by atoms with E-state index in [0.29, 0.717) is 25.1 Å². The molecule has 2 heterocycles. The Kier molecular flexibility index (Phi) is 6.93. The summed E-state index contributed by atoms with van der Waals surface area (Å²) in [6, 6.07) is 6.60. The van der Waals surface area contributed by atoms with Crippen LogP contribution in [0.25, 0.3) is 0 Å². The number of amides is 5. The molecule has 1 saturated carbocycles. The normalized spacial score (nSPS) is 29.3. The topological polar surface area (TPSA) is 108 Å². The number of nitrogens with zero attached hydrogens (tertiary/aromatic N) is 2. The smallest absolute Gasteiger partial charge is 0.325 e. The van der Waals surface area contributed by atoms with Gasteiger partial charge in [0.15, 0.2) is 0 Å². The molecule has 0 aromatic heterocycles. The van der Waals surface area contributed by atoms with Gasteiger partial charge in [-0.3, -0.25) is 19.3 Å². The van der Waals surface area contributed by atoms with Crippen LogP contribution in [-0.4, -0.2) is 70.9 Å². The first kappa shape index (κ1) is 24.2. The zero-order valence-electron chi connectivity index (χ0n) is 20.1. The molecule has 0 radical (unpaired) electrons. The molecule has 2 saturated heterocycles. The summed E-state index contributed by atoms with van der Waals surface area (Å²) in [5.74, 6) is -0.687. The van der Waals surface area contributed by atoms with Gasteiger partial charge in [-0.2, -0.15) is 0 Å². The molecule has 1 aromatic rings. The number of nitrogens with one attached hydrogen (secondary N) is 2. The Balaban J connectivity index is 1.30. The highest BCUT2D eigenvalue weighted by Crippen LogP contribution is 2.38. The zero-order chi connectivity index (χ0) is 24.5. The molecule has 1 spiro atoms. The summed E-state index contributed by atoms with van der Waals surface area (Å²) < 4.78 is 5.69. The third-order valence-corrected chi connectivity index (χ3v) is 7.20. The zero-order valence-corrected chi connectivity index (χ0v) is 20.1. The summed E-state index contributed by atoms with van der Waals surface area (Å²) in [5, 5.41) is 5.63. The van der Waals surface area contributed by atoms with Crippen LogP contribution in [0.1, 0.15) is 62.4 Å². The van der Waals surface area contributed by atoms with Crippen LogP contribution < -0.4 is 10.6 Å². The largest absolute Gasteiger partial charge is 0.372 e. The molecule has 1 aromatic carbocycles. The van der Waals surface area contributed by atoms with Crippen LogP contribution >= 0.6 is 0 Å². The Morgan fingerprint density at radius 1 is 1.09 bits per heavy atom. The van der Waals surface area contributed by atoms with E-state index in [1.54, 1.807) is 29.2 Å². The molecule has 4 rings (SSSR count). The van der Waals surface area contributed by atoms with Gasteiger partial charge in [-0.1, -0.05) is 31.9 Å². The Hall–Kier alpha value is -2.94. The van der Waals surface area contributed by atoms with Crippen molar-refractivity contribution in [3.63, 3.8) is 0 Å². The van der Waals surface area contributed by atoms with Gasteiger partial charge in [0.2, 0.25) is 5.91 Å². The number of carbonyl (C=O) groups is 4. The summed E-state index contributed by atoms with van der Waals surface area (Å²) in [6.45, 7) is 6.95. The Labute approximate surface area is 200 Å². The second-order valence-corrected chi connectivity index (χ2v) is 9.88. The lowest BCUT2D eigenvalue weighted by Gasteiger charge is -2.36. The molecule has 3 fully saturated rings. The fourth-order valence-electron chi connectivity index (χ4n) is 5.33. The summed E-state index contributed by atoms with van der Waals surface area (Å²) in [6.07, 6.45) is 3.43. The molecular formula is C25H34N4O5. The van der Waals surface area contributed by atoms with Crippen LogP contribution in [0.5, 0.6) is 0 Å². The van der Waals surface area contributed by atoms with E-state index in [2.05, 4.69) is 10.6 Å². The number of hydrogen-bond donors (Lipinski definition) is 2. The minimum Gasteiger partial charge on any atom is -0.372 e. The van der Waals surface area contributed by atoms with Crippen LogP contribution in [0.4, 0.5) is 4.79 Å². The molecular weight excluding hydrogens is 436 g/mol. The molecule has 9 heteroatoms. The van der Waals surface area contributed by atoms with Gasteiger partial charge in [-0.25, -0.2) is 4.79 Å². The first-order valence-corrected chi connectivity index (χ1v) is 12.1. The van der Waals surface area contributed by atoms with Gasteiger partial charge in [0.05, 0.1) is 12.2 Å². The van der Waals surface area contributed by atoms with E-state index in [9.17, 15) is 19.2 Å². The van der Waals surface area contributed by atoms with Crippen LogP contribution in [0, 0.1) is 5.92 Å². The predicted molar refractivity (Wildman–Crippen MR) is 125 cm³/mol. The summed E-state index contributed by atoms with van der Waals surface area (Å²) >= 11 is 0. The summed E-state index contributed by atoms with van der Waals surface area (Å²) in [4.78, 5) is 53.6. The highest BCUT2D eigenvalue weighted by atomic mass is 16.5. The molecule has 9 nitrogen and oxygen atoms in total. The molecule has 4 unspecified atom stereocenters. The number of morpholine rings is 1. The standard InChI is InChI=1S/C25H34N4O5/c1-16-6-4-5-11-25(16)23(32)29(24(33)27-25)15-21(30)26-12-19-7-9-20(10-8-19)22(31)28-13-17(2)34-18(3)14-28/h7-10,16-18H,4-6,11-15H2,1-3H3,(H,26,30)(H,27,33). The van der Waals surface area contributed by atoms with Crippen molar-refractivity contribution in [1.29, 1.82) is 0 Å². The fourth-order valence-corrected chi connectivity index (χ4v) is 5.33. The highest BCUT2D eigenvalue weighted by molar-refractivity contribution is 6.09. The van der Waals surface area contributed by atoms with E-state index in [-0.39, 0.29) is 43.0 Å². The van der Waals surface area contributed by atoms with E-state index in [1.807, 2.05) is 20.8 Å². The Morgan fingerprint density at radius 3 is 2.41 bits per heavy atom. The van der Waals surface area contributed by atoms with E-state index in [4.69, 9.17) is 4.74 Å². The SMILES string of the molecule is CC1CN(C(=O)c2ccc(CNC(=O)CN3C(=O)NC4(CCCCC4C)C3=O)cc2)CC(C)O1. The van der Waals surface area contributed by atoms with Crippen molar-refractivity contribution in [2.75, 3.05) is 19.6 Å². The van der Waals surface area contributed by atoms with Crippen LogP contribution in [0.2, 0.25) is 0 Å². The number of urea groups is 1. The van der Waals surface area contributed by atoms with Gasteiger partial charge < -0.3 is 20.3 Å². The summed E-state index contributed by atoms with van der Waals surface area (Å²) in [7, 11) is 0. The maximum absolute atomic E-state index is 13.0. The molecule has 3 aliphatic rings. The molecule has 0 bridgehead atoms. The van der Waals surface area contributed by atoms with Gasteiger partial charge >= 0.3 is 6.03 Å². The van der Waals surface area contributed by atoms with Crippen molar-refractivity contribution in [2.45, 2.75) is 70.7 Å². The minimum atomic E-state index is -0.867.